The number of amides is 2. The Bertz CT molecular complexity index is 1090. The van der Waals surface area contributed by atoms with Crippen LogP contribution in [-0.2, 0) is 16.0 Å². The number of benzene rings is 2. The van der Waals surface area contributed by atoms with Crippen LogP contribution in [0.4, 0.5) is 5.69 Å². The lowest BCUT2D eigenvalue weighted by molar-refractivity contribution is -0.384. The summed E-state index contributed by atoms with van der Waals surface area (Å²) in [5, 5.41) is 15.5. The van der Waals surface area contributed by atoms with Crippen molar-refractivity contribution in [2.75, 3.05) is 0 Å². The molecule has 0 spiro atoms. The molecular weight excluding hydrogens is 386 g/mol. The minimum absolute atomic E-state index is 0.00982. The van der Waals surface area contributed by atoms with E-state index in [1.54, 1.807) is 23.0 Å². The minimum atomic E-state index is -0.469. The number of rotatable bonds is 6. The molecule has 2 N–H and O–H groups in total. The Kier molecular flexibility index (Phi) is 5.25. The Morgan fingerprint density at radius 1 is 1.07 bits per heavy atom. The van der Waals surface area contributed by atoms with Gasteiger partial charge in [-0.2, -0.15) is 5.10 Å². The highest BCUT2D eigenvalue weighted by Gasteiger charge is 2.29. The molecule has 1 fully saturated rings. The molecule has 0 saturated heterocycles. The maximum Gasteiger partial charge on any atom is 0.269 e. The Labute approximate surface area is 171 Å². The SMILES string of the molecule is O=C(Cc1cn(-c2ccccc2)nc1-c1ccc([N+](=O)[O-])cc1)NNC(=O)C1CC1. The van der Waals surface area contributed by atoms with Gasteiger partial charge in [-0.15, -0.1) is 0 Å². The third-order valence-corrected chi connectivity index (χ3v) is 4.79. The van der Waals surface area contributed by atoms with Crippen molar-refractivity contribution in [1.29, 1.82) is 0 Å². The van der Waals surface area contributed by atoms with Gasteiger partial charge in [0.1, 0.15) is 0 Å². The molecular formula is C21H19N5O4. The van der Waals surface area contributed by atoms with E-state index in [-0.39, 0.29) is 29.8 Å². The monoisotopic (exact) mass is 405 g/mol. The van der Waals surface area contributed by atoms with Gasteiger partial charge in [0.05, 0.1) is 22.7 Å². The van der Waals surface area contributed by atoms with E-state index >= 15 is 0 Å². The maximum absolute atomic E-state index is 12.4. The van der Waals surface area contributed by atoms with Gasteiger partial charge < -0.3 is 0 Å². The van der Waals surface area contributed by atoms with Crippen LogP contribution in [-0.4, -0.2) is 26.5 Å². The van der Waals surface area contributed by atoms with Gasteiger partial charge in [0.2, 0.25) is 11.8 Å². The van der Waals surface area contributed by atoms with Crippen LogP contribution in [0.3, 0.4) is 0 Å². The number of nitro benzene ring substituents is 1. The highest BCUT2D eigenvalue weighted by Crippen LogP contribution is 2.28. The average molecular weight is 405 g/mol. The van der Waals surface area contributed by atoms with Crippen LogP contribution in [0.5, 0.6) is 0 Å². The molecule has 9 heteroatoms. The smallest absolute Gasteiger partial charge is 0.269 e. The zero-order valence-corrected chi connectivity index (χ0v) is 15.9. The molecule has 2 amide bonds. The van der Waals surface area contributed by atoms with E-state index in [0.717, 1.165) is 18.5 Å². The molecule has 0 aliphatic heterocycles. The quantitative estimate of drug-likeness (QED) is 0.482. The molecule has 1 saturated carbocycles. The van der Waals surface area contributed by atoms with E-state index in [2.05, 4.69) is 16.0 Å². The highest BCUT2D eigenvalue weighted by atomic mass is 16.6. The summed E-state index contributed by atoms with van der Waals surface area (Å²) in [6.45, 7) is 0. The summed E-state index contributed by atoms with van der Waals surface area (Å²) in [6.07, 6.45) is 3.42. The Morgan fingerprint density at radius 3 is 2.40 bits per heavy atom. The minimum Gasteiger partial charge on any atom is -0.273 e. The summed E-state index contributed by atoms with van der Waals surface area (Å²) >= 11 is 0. The van der Waals surface area contributed by atoms with E-state index in [1.807, 2.05) is 30.3 Å². The summed E-state index contributed by atoms with van der Waals surface area (Å²) in [4.78, 5) is 34.6. The van der Waals surface area contributed by atoms with Crippen molar-refractivity contribution in [3.8, 4) is 16.9 Å². The molecule has 1 aromatic heterocycles. The standard InChI is InChI=1S/C21H19N5O4/c27-19(22-23-21(28)15-6-7-15)12-16-13-25(17-4-2-1-3-5-17)24-20(16)14-8-10-18(11-9-14)26(29)30/h1-5,8-11,13,15H,6-7,12H2,(H,22,27)(H,23,28). The van der Waals surface area contributed by atoms with E-state index in [1.165, 1.54) is 12.1 Å². The third kappa shape index (κ3) is 4.35. The average Bonchev–Trinajstić information content (AvgIpc) is 3.53. The van der Waals surface area contributed by atoms with Gasteiger partial charge in [0.15, 0.2) is 0 Å². The van der Waals surface area contributed by atoms with Crippen molar-refractivity contribution in [1.82, 2.24) is 20.6 Å². The second-order valence-electron chi connectivity index (χ2n) is 7.08. The van der Waals surface area contributed by atoms with E-state index < -0.39 is 4.92 Å². The fourth-order valence-electron chi connectivity index (χ4n) is 3.03. The van der Waals surface area contributed by atoms with Crippen LogP contribution in [0.15, 0.2) is 60.8 Å². The largest absolute Gasteiger partial charge is 0.273 e. The topological polar surface area (TPSA) is 119 Å². The number of nitrogens with one attached hydrogen (secondary N) is 2. The number of hydrazine groups is 1. The number of carbonyl (C=O) groups is 2. The summed E-state index contributed by atoms with van der Waals surface area (Å²) in [6, 6.07) is 15.4. The van der Waals surface area contributed by atoms with Crippen LogP contribution in [0, 0.1) is 16.0 Å². The molecule has 0 bridgehead atoms. The second-order valence-corrected chi connectivity index (χ2v) is 7.08. The first-order chi connectivity index (χ1) is 14.5. The molecule has 4 rings (SSSR count). The van der Waals surface area contributed by atoms with Crippen molar-refractivity contribution in [3.63, 3.8) is 0 Å². The zero-order chi connectivity index (χ0) is 21.1. The lowest BCUT2D eigenvalue weighted by Gasteiger charge is -2.07. The lowest BCUT2D eigenvalue weighted by atomic mass is 10.1. The van der Waals surface area contributed by atoms with Gasteiger partial charge in [-0.25, -0.2) is 4.68 Å². The molecule has 1 heterocycles. The first-order valence-electron chi connectivity index (χ1n) is 9.49. The summed E-state index contributed by atoms with van der Waals surface area (Å²) in [5.74, 6) is -0.569. The number of non-ortho nitro benzene ring substituents is 1. The van der Waals surface area contributed by atoms with Crippen molar-refractivity contribution < 1.29 is 14.5 Å². The summed E-state index contributed by atoms with van der Waals surface area (Å²) < 4.78 is 1.65. The van der Waals surface area contributed by atoms with E-state index in [4.69, 9.17) is 0 Å². The maximum atomic E-state index is 12.4. The molecule has 0 radical (unpaired) electrons. The van der Waals surface area contributed by atoms with Gasteiger partial charge in [0.25, 0.3) is 5.69 Å². The molecule has 0 unspecified atom stereocenters. The number of hydrogen-bond donors (Lipinski definition) is 2. The number of aromatic nitrogens is 2. The first kappa shape index (κ1) is 19.3. The molecule has 2 aromatic carbocycles. The van der Waals surface area contributed by atoms with Gasteiger partial charge in [-0.05, 0) is 37.1 Å². The van der Waals surface area contributed by atoms with Crippen LogP contribution in [0.25, 0.3) is 16.9 Å². The molecule has 0 atom stereocenters. The van der Waals surface area contributed by atoms with Gasteiger partial charge >= 0.3 is 0 Å². The number of hydrogen-bond acceptors (Lipinski definition) is 5. The van der Waals surface area contributed by atoms with Crippen molar-refractivity contribution in [2.24, 2.45) is 5.92 Å². The predicted octanol–water partition coefficient (Wildman–Crippen LogP) is 2.55. The number of para-hydroxylation sites is 1. The normalized spacial score (nSPS) is 12.9. The molecule has 1 aliphatic rings. The predicted molar refractivity (Wildman–Crippen MR) is 108 cm³/mol. The fraction of sp³-hybridized carbons (Fsp3) is 0.190. The zero-order valence-electron chi connectivity index (χ0n) is 15.9. The number of nitrogens with zero attached hydrogens (tertiary/aromatic N) is 3. The first-order valence-corrected chi connectivity index (χ1v) is 9.49. The van der Waals surface area contributed by atoms with Crippen molar-refractivity contribution in [3.05, 3.63) is 76.5 Å². The Morgan fingerprint density at radius 2 is 1.77 bits per heavy atom. The van der Waals surface area contributed by atoms with Crippen molar-refractivity contribution in [2.45, 2.75) is 19.3 Å². The Hall–Kier alpha value is -4.01. The molecule has 9 nitrogen and oxygen atoms in total. The Balaban J connectivity index is 1.60. The highest BCUT2D eigenvalue weighted by molar-refractivity contribution is 5.86. The molecule has 3 aromatic rings. The lowest BCUT2D eigenvalue weighted by Crippen LogP contribution is -2.43. The van der Waals surface area contributed by atoms with Crippen LogP contribution in [0.1, 0.15) is 18.4 Å². The number of carbonyl (C=O) groups excluding carboxylic acids is 2. The van der Waals surface area contributed by atoms with Gasteiger partial charge in [-0.1, -0.05) is 18.2 Å². The number of nitro groups is 1. The van der Waals surface area contributed by atoms with Crippen LogP contribution in [0.2, 0.25) is 0 Å². The summed E-state index contributed by atoms with van der Waals surface area (Å²) in [5.41, 5.74) is 7.49. The van der Waals surface area contributed by atoms with Gasteiger partial charge in [0, 0.05) is 35.4 Å². The summed E-state index contributed by atoms with van der Waals surface area (Å²) in [7, 11) is 0. The molecule has 1 aliphatic carbocycles. The van der Waals surface area contributed by atoms with Crippen molar-refractivity contribution >= 4 is 17.5 Å². The van der Waals surface area contributed by atoms with E-state index in [9.17, 15) is 19.7 Å². The third-order valence-electron chi connectivity index (χ3n) is 4.79. The molecule has 152 valence electrons. The second kappa shape index (κ2) is 8.16. The van der Waals surface area contributed by atoms with Gasteiger partial charge in [-0.3, -0.25) is 30.6 Å². The van der Waals surface area contributed by atoms with Crippen LogP contribution >= 0.6 is 0 Å². The molecule has 30 heavy (non-hydrogen) atoms. The van der Waals surface area contributed by atoms with E-state index in [0.29, 0.717) is 16.8 Å². The van der Waals surface area contributed by atoms with Crippen LogP contribution < -0.4 is 10.9 Å². The fourth-order valence-corrected chi connectivity index (χ4v) is 3.03.